The number of benzene rings is 2. The molecular weight excluding hydrogens is 678 g/mol. The predicted molar refractivity (Wildman–Crippen MR) is 209 cm³/mol. The number of nitrogens with zero attached hydrogens (tertiary/aromatic N) is 4. The number of anilines is 1. The van der Waals surface area contributed by atoms with Crippen LogP contribution >= 0.6 is 11.6 Å². The number of rotatable bonds is 5. The molecule has 3 fully saturated rings. The minimum atomic E-state index is -1.46. The first-order valence-electron chi connectivity index (χ1n) is 19.8. The average molecular weight is 738 g/mol. The van der Waals surface area contributed by atoms with Gasteiger partial charge in [-0.15, -0.1) is 0 Å². The summed E-state index contributed by atoms with van der Waals surface area (Å²) in [5.41, 5.74) is 4.13. The summed E-state index contributed by atoms with van der Waals surface area (Å²) in [6.45, 7) is 17.1. The zero-order chi connectivity index (χ0) is 35.6. The lowest BCUT2D eigenvalue weighted by Crippen LogP contribution is -2.62. The molecule has 8 nitrogen and oxygen atoms in total. The fraction of sp³-hybridized carbons (Fsp3) is 0.683. The minimum absolute atomic E-state index is 0.119. The van der Waals surface area contributed by atoms with Crippen molar-refractivity contribution in [3.8, 4) is 5.75 Å². The molecule has 51 heavy (non-hydrogen) atoms. The highest BCUT2D eigenvalue weighted by molar-refractivity contribution is 7.84. The van der Waals surface area contributed by atoms with Crippen molar-refractivity contribution >= 4 is 34.2 Å². The van der Waals surface area contributed by atoms with Crippen molar-refractivity contribution in [3.63, 3.8) is 0 Å². The third kappa shape index (κ3) is 8.48. The Morgan fingerprint density at radius 1 is 0.961 bits per heavy atom. The highest BCUT2D eigenvalue weighted by Crippen LogP contribution is 2.45. The van der Waals surface area contributed by atoms with Gasteiger partial charge in [0, 0.05) is 81.4 Å². The van der Waals surface area contributed by atoms with E-state index in [-0.39, 0.29) is 23.0 Å². The average Bonchev–Trinajstić information content (AvgIpc) is 3.28. The summed E-state index contributed by atoms with van der Waals surface area (Å²) in [6.07, 6.45) is 7.95. The van der Waals surface area contributed by atoms with E-state index in [1.54, 1.807) is 0 Å². The molecule has 1 aliphatic carbocycles. The number of carbonyl (C=O) groups excluding carboxylic acids is 1. The monoisotopic (exact) mass is 737 g/mol. The van der Waals surface area contributed by atoms with E-state index in [2.05, 4.69) is 57.3 Å². The summed E-state index contributed by atoms with van der Waals surface area (Å²) >= 11 is 6.51. The molecule has 1 N–H and O–H groups in total. The van der Waals surface area contributed by atoms with Crippen LogP contribution in [0, 0.1) is 23.7 Å². The van der Waals surface area contributed by atoms with Gasteiger partial charge < -0.3 is 19.4 Å². The van der Waals surface area contributed by atoms with E-state index < -0.39 is 11.0 Å². The largest absolute Gasteiger partial charge is 0.491 e. The first-order valence-corrected chi connectivity index (χ1v) is 21.4. The van der Waals surface area contributed by atoms with Crippen molar-refractivity contribution in [1.29, 1.82) is 0 Å². The molecule has 4 aliphatic heterocycles. The van der Waals surface area contributed by atoms with Gasteiger partial charge in [0.2, 0.25) is 0 Å². The lowest BCUT2D eigenvalue weighted by molar-refractivity contribution is -0.000863. The molecule has 2 aromatic rings. The van der Waals surface area contributed by atoms with Crippen LogP contribution in [0.3, 0.4) is 0 Å². The maximum atomic E-state index is 13.6. The highest BCUT2D eigenvalue weighted by Gasteiger charge is 2.41. The Morgan fingerprint density at radius 2 is 1.80 bits per heavy atom. The summed E-state index contributed by atoms with van der Waals surface area (Å²) in [4.78, 5) is 24.1. The van der Waals surface area contributed by atoms with Crippen molar-refractivity contribution in [2.24, 2.45) is 23.7 Å². The molecule has 0 aromatic heterocycles. The molecule has 2 saturated heterocycles. The van der Waals surface area contributed by atoms with Crippen LogP contribution in [0.15, 0.2) is 36.4 Å². The van der Waals surface area contributed by atoms with Crippen molar-refractivity contribution in [2.75, 3.05) is 77.5 Å². The summed E-state index contributed by atoms with van der Waals surface area (Å²) in [5.74, 6) is 2.90. The van der Waals surface area contributed by atoms with Crippen molar-refractivity contribution < 1.29 is 13.7 Å². The molecule has 280 valence electrons. The lowest BCUT2D eigenvalue weighted by atomic mass is 9.65. The van der Waals surface area contributed by atoms with Crippen molar-refractivity contribution in [2.45, 2.75) is 82.9 Å². The van der Waals surface area contributed by atoms with Crippen LogP contribution in [0.2, 0.25) is 5.02 Å². The number of carbonyl (C=O) groups is 1. The molecule has 5 aliphatic rings. The molecule has 4 heterocycles. The fourth-order valence-corrected chi connectivity index (χ4v) is 10.9. The number of aryl methyl sites for hydroxylation is 1. The van der Waals surface area contributed by atoms with E-state index in [0.29, 0.717) is 36.0 Å². The molecule has 0 spiro atoms. The van der Waals surface area contributed by atoms with Crippen molar-refractivity contribution in [1.82, 2.24) is 19.4 Å². The number of amides is 1. The van der Waals surface area contributed by atoms with Gasteiger partial charge in [-0.3, -0.25) is 14.4 Å². The number of ether oxygens (including phenoxy) is 1. The van der Waals surface area contributed by atoms with Gasteiger partial charge in [-0.25, -0.2) is 4.21 Å². The van der Waals surface area contributed by atoms with Gasteiger partial charge in [-0.1, -0.05) is 44.4 Å². The fourth-order valence-electron chi connectivity index (χ4n) is 9.68. The van der Waals surface area contributed by atoms with E-state index in [4.69, 9.17) is 16.3 Å². The first kappa shape index (κ1) is 37.2. The van der Waals surface area contributed by atoms with Gasteiger partial charge in [0.05, 0.1) is 17.5 Å². The highest BCUT2D eigenvalue weighted by atomic mass is 35.5. The van der Waals surface area contributed by atoms with E-state index in [1.807, 2.05) is 31.2 Å². The normalized spacial score (nSPS) is 32.9. The number of nitrogens with one attached hydrogen (secondary N) is 1. The maximum Gasteiger partial charge on any atom is 0.263 e. The number of piperazine rings is 2. The van der Waals surface area contributed by atoms with Gasteiger partial charge in [-0.2, -0.15) is 0 Å². The van der Waals surface area contributed by atoms with Crippen LogP contribution in [0.4, 0.5) is 5.69 Å². The third-order valence-electron chi connectivity index (χ3n) is 13.1. The molecular formula is C41H60ClN5O3S. The third-order valence-corrected chi connectivity index (χ3v) is 14.8. The standard InChI is InChI=1S/C41H60ClN5O3S/c1-5-7-30-20-35(42)12-14-37(30)34-24-47-23-33-10-13-38(33)32(22-45-17-19-46-18-16-44(4)25-36(46)26-45)9-6-8-28(2)29(3)51(49)43-41(48)31-11-15-40(50-27-34)39(47)21-31/h11-12,14-15,20-21,28-29,32-34,36,38H,5-10,13,16-19,22-27H2,1-4H3,(H,43,48). The van der Waals surface area contributed by atoms with Gasteiger partial charge in [0.25, 0.3) is 5.91 Å². The lowest BCUT2D eigenvalue weighted by Gasteiger charge is -2.49. The van der Waals surface area contributed by atoms with Crippen molar-refractivity contribution in [3.05, 3.63) is 58.1 Å². The number of fused-ring (bicyclic) bond motifs is 3. The van der Waals surface area contributed by atoms with Crippen LogP contribution < -0.4 is 14.4 Å². The summed E-state index contributed by atoms with van der Waals surface area (Å²) in [7, 11) is 0.808. The van der Waals surface area contributed by atoms with Crippen LogP contribution in [0.1, 0.15) is 86.7 Å². The quantitative estimate of drug-likeness (QED) is 0.379. The van der Waals surface area contributed by atoms with Gasteiger partial charge >= 0.3 is 0 Å². The molecule has 2 aromatic carbocycles. The minimum Gasteiger partial charge on any atom is -0.491 e. The Kier molecular flexibility index (Phi) is 12.0. The number of hydrogen-bond donors (Lipinski definition) is 1. The molecule has 2 bridgehead atoms. The summed E-state index contributed by atoms with van der Waals surface area (Å²) < 4.78 is 22.9. The van der Waals surface area contributed by atoms with E-state index in [1.165, 1.54) is 76.2 Å². The Hall–Kier alpha value is -2.17. The number of halogens is 1. The zero-order valence-corrected chi connectivity index (χ0v) is 32.9. The second kappa shape index (κ2) is 16.5. The number of hydrogen-bond acceptors (Lipinski definition) is 7. The molecule has 8 unspecified atom stereocenters. The molecule has 10 heteroatoms. The maximum absolute atomic E-state index is 13.6. The molecule has 1 amide bonds. The Labute approximate surface area is 314 Å². The first-order chi connectivity index (χ1) is 24.7. The van der Waals surface area contributed by atoms with E-state index in [0.717, 1.165) is 55.2 Å². The molecule has 0 radical (unpaired) electrons. The predicted octanol–water partition coefficient (Wildman–Crippen LogP) is 6.45. The Balaban J connectivity index is 1.19. The zero-order valence-electron chi connectivity index (χ0n) is 31.3. The van der Waals surface area contributed by atoms with E-state index in [9.17, 15) is 9.00 Å². The summed E-state index contributed by atoms with van der Waals surface area (Å²) in [5, 5.41) is 0.660. The van der Waals surface area contributed by atoms with E-state index >= 15 is 0 Å². The van der Waals surface area contributed by atoms with Crippen LogP contribution in [-0.4, -0.2) is 109 Å². The SMILES string of the molecule is CCCc1cc(Cl)ccc1C1COc2ccc3cc2N(C1)CC1CCC1C(CN1CCN2CCN(C)CC2C1)CCCC(C)C(C)S(=O)NC3=O. The summed E-state index contributed by atoms with van der Waals surface area (Å²) in [6, 6.07) is 12.8. The second-order valence-electron chi connectivity index (χ2n) is 16.5. The molecule has 7 rings (SSSR count). The topological polar surface area (TPSA) is 68.4 Å². The second-order valence-corrected chi connectivity index (χ2v) is 18.5. The Bertz CT molecular complexity index is 1560. The van der Waals surface area contributed by atoms with Crippen LogP contribution in [0.25, 0.3) is 0 Å². The molecule has 1 saturated carbocycles. The van der Waals surface area contributed by atoms with Gasteiger partial charge in [0.15, 0.2) is 0 Å². The molecule has 8 atom stereocenters. The number of likely N-dealkylation sites (N-methyl/N-ethyl adjacent to an activating group) is 1. The van der Waals surface area contributed by atoms with Gasteiger partial charge in [0.1, 0.15) is 16.7 Å². The van der Waals surface area contributed by atoms with Crippen LogP contribution in [0.5, 0.6) is 5.75 Å². The smallest absolute Gasteiger partial charge is 0.263 e. The van der Waals surface area contributed by atoms with Gasteiger partial charge in [-0.05, 0) is 111 Å². The van der Waals surface area contributed by atoms with Crippen LogP contribution in [-0.2, 0) is 17.4 Å². The Morgan fingerprint density at radius 3 is 2.61 bits per heavy atom.